The molecule has 2 rings (SSSR count). The van der Waals surface area contributed by atoms with Gasteiger partial charge in [0.2, 0.25) is 5.91 Å². The number of carbonyl (C=O) groups excluding carboxylic acids is 1. The van der Waals surface area contributed by atoms with E-state index in [4.69, 9.17) is 4.42 Å². The number of hydrogen-bond acceptors (Lipinski definition) is 4. The van der Waals surface area contributed by atoms with Gasteiger partial charge in [-0.1, -0.05) is 6.42 Å². The summed E-state index contributed by atoms with van der Waals surface area (Å²) < 4.78 is 43.3. The monoisotopic (exact) mass is 334 g/mol. The van der Waals surface area contributed by atoms with Gasteiger partial charge in [-0.25, -0.2) is 0 Å². The molecule has 1 aromatic rings. The Morgan fingerprint density at radius 3 is 2.83 bits per heavy atom. The normalized spacial score (nSPS) is 19.7. The fourth-order valence-electron chi connectivity index (χ4n) is 2.79. The van der Waals surface area contributed by atoms with Gasteiger partial charge in [0.15, 0.2) is 0 Å². The van der Waals surface area contributed by atoms with Crippen molar-refractivity contribution in [1.82, 2.24) is 9.80 Å². The molecule has 8 heteroatoms. The van der Waals surface area contributed by atoms with Crippen LogP contribution in [0.15, 0.2) is 22.8 Å². The Morgan fingerprint density at radius 1 is 1.43 bits per heavy atom. The molecule has 1 atom stereocenters. The SMILES string of the molecule is O=C(CN1CCCCC1CO)N(Cc1ccco1)CC(F)(F)F. The van der Waals surface area contributed by atoms with Crippen LogP contribution in [0.5, 0.6) is 0 Å². The number of furan rings is 1. The van der Waals surface area contributed by atoms with Crippen molar-refractivity contribution in [2.75, 3.05) is 26.2 Å². The molecule has 0 bridgehead atoms. The summed E-state index contributed by atoms with van der Waals surface area (Å²) in [5, 5.41) is 9.35. The smallest absolute Gasteiger partial charge is 0.406 e. The molecule has 1 N–H and O–H groups in total. The molecule has 2 heterocycles. The first kappa shape index (κ1) is 17.8. The number of halogens is 3. The van der Waals surface area contributed by atoms with Crippen LogP contribution in [0.2, 0.25) is 0 Å². The Kier molecular flexibility index (Phi) is 6.06. The highest BCUT2D eigenvalue weighted by Crippen LogP contribution is 2.20. The third-order valence-corrected chi connectivity index (χ3v) is 3.95. The highest BCUT2D eigenvalue weighted by Gasteiger charge is 2.34. The van der Waals surface area contributed by atoms with Crippen LogP contribution in [-0.2, 0) is 11.3 Å². The van der Waals surface area contributed by atoms with Crippen molar-refractivity contribution in [3.63, 3.8) is 0 Å². The third-order valence-electron chi connectivity index (χ3n) is 3.95. The Balaban J connectivity index is 2.02. The molecule has 23 heavy (non-hydrogen) atoms. The van der Waals surface area contributed by atoms with Crippen LogP contribution in [0.4, 0.5) is 13.2 Å². The number of aliphatic hydroxyl groups is 1. The molecule has 1 unspecified atom stereocenters. The van der Waals surface area contributed by atoms with Crippen molar-refractivity contribution in [1.29, 1.82) is 0 Å². The predicted molar refractivity (Wildman–Crippen MR) is 76.5 cm³/mol. The van der Waals surface area contributed by atoms with Crippen LogP contribution in [0, 0.1) is 0 Å². The van der Waals surface area contributed by atoms with Crippen LogP contribution in [0.25, 0.3) is 0 Å². The lowest BCUT2D eigenvalue weighted by molar-refractivity contribution is -0.164. The van der Waals surface area contributed by atoms with E-state index in [1.165, 1.54) is 12.3 Å². The standard InChI is InChI=1S/C15H21F3N2O3/c16-15(17,18)11-20(8-13-5-3-7-23-13)14(22)9-19-6-2-1-4-12(19)10-21/h3,5,7,12,21H,1-2,4,6,8-11H2. The molecule has 0 spiro atoms. The number of piperidine rings is 1. The number of rotatable bonds is 6. The molecular weight excluding hydrogens is 313 g/mol. The number of nitrogens with zero attached hydrogens (tertiary/aromatic N) is 2. The van der Waals surface area contributed by atoms with Crippen molar-refractivity contribution in [2.45, 2.75) is 38.0 Å². The van der Waals surface area contributed by atoms with Crippen molar-refractivity contribution in [3.05, 3.63) is 24.2 Å². The molecular formula is C15H21F3N2O3. The quantitative estimate of drug-likeness (QED) is 0.865. The van der Waals surface area contributed by atoms with Crippen LogP contribution >= 0.6 is 0 Å². The second-order valence-corrected chi connectivity index (χ2v) is 5.75. The van der Waals surface area contributed by atoms with Gasteiger partial charge in [-0.2, -0.15) is 13.2 Å². The van der Waals surface area contributed by atoms with Crippen molar-refractivity contribution >= 4 is 5.91 Å². The van der Waals surface area contributed by atoms with E-state index < -0.39 is 18.6 Å². The Bertz CT molecular complexity index is 491. The summed E-state index contributed by atoms with van der Waals surface area (Å²) in [5.41, 5.74) is 0. The van der Waals surface area contributed by atoms with Crippen LogP contribution in [0.3, 0.4) is 0 Å². The van der Waals surface area contributed by atoms with Gasteiger partial charge in [0.1, 0.15) is 12.3 Å². The van der Waals surface area contributed by atoms with Gasteiger partial charge in [-0.15, -0.1) is 0 Å². The summed E-state index contributed by atoms with van der Waals surface area (Å²) in [5.74, 6) is -0.306. The number of aliphatic hydroxyl groups excluding tert-OH is 1. The van der Waals surface area contributed by atoms with Gasteiger partial charge in [-0.3, -0.25) is 9.69 Å². The molecule has 1 saturated heterocycles. The zero-order valence-corrected chi connectivity index (χ0v) is 12.8. The first-order valence-corrected chi connectivity index (χ1v) is 7.61. The largest absolute Gasteiger partial charge is 0.467 e. The minimum atomic E-state index is -4.47. The fraction of sp³-hybridized carbons (Fsp3) is 0.667. The van der Waals surface area contributed by atoms with Gasteiger partial charge in [0.05, 0.1) is 26.0 Å². The molecule has 1 amide bonds. The first-order valence-electron chi connectivity index (χ1n) is 7.61. The Labute approximate surface area is 132 Å². The third kappa shape index (κ3) is 5.54. The predicted octanol–water partition coefficient (Wildman–Crippen LogP) is 2.02. The van der Waals surface area contributed by atoms with E-state index in [1.807, 2.05) is 0 Å². The molecule has 1 aromatic heterocycles. The maximum absolute atomic E-state index is 12.7. The van der Waals surface area contributed by atoms with Gasteiger partial charge < -0.3 is 14.4 Å². The minimum absolute atomic E-state index is 0.0925. The van der Waals surface area contributed by atoms with Crippen molar-refractivity contribution in [3.8, 4) is 0 Å². The van der Waals surface area contributed by atoms with Gasteiger partial charge in [0.25, 0.3) is 0 Å². The number of alkyl halides is 3. The van der Waals surface area contributed by atoms with Gasteiger partial charge >= 0.3 is 6.18 Å². The molecule has 0 saturated carbocycles. The van der Waals surface area contributed by atoms with E-state index in [2.05, 4.69) is 0 Å². The lowest BCUT2D eigenvalue weighted by atomic mass is 10.0. The Morgan fingerprint density at radius 2 is 2.22 bits per heavy atom. The summed E-state index contributed by atoms with van der Waals surface area (Å²) in [4.78, 5) is 14.9. The zero-order valence-electron chi connectivity index (χ0n) is 12.8. The first-order chi connectivity index (χ1) is 10.9. The summed E-state index contributed by atoms with van der Waals surface area (Å²) in [6, 6.07) is 2.94. The van der Waals surface area contributed by atoms with E-state index in [9.17, 15) is 23.1 Å². The molecule has 0 aromatic carbocycles. The maximum Gasteiger partial charge on any atom is 0.406 e. The highest BCUT2D eigenvalue weighted by molar-refractivity contribution is 5.78. The van der Waals surface area contributed by atoms with Crippen molar-refractivity contribution < 1.29 is 27.5 Å². The second-order valence-electron chi connectivity index (χ2n) is 5.75. The van der Waals surface area contributed by atoms with E-state index in [0.29, 0.717) is 12.3 Å². The molecule has 1 aliphatic rings. The number of amides is 1. The second kappa shape index (κ2) is 7.83. The molecule has 130 valence electrons. The number of likely N-dealkylation sites (tertiary alicyclic amines) is 1. The average Bonchev–Trinajstić information content (AvgIpc) is 2.98. The zero-order chi connectivity index (χ0) is 16.9. The van der Waals surface area contributed by atoms with Crippen LogP contribution < -0.4 is 0 Å². The van der Waals surface area contributed by atoms with Gasteiger partial charge in [0, 0.05) is 6.04 Å². The lowest BCUT2D eigenvalue weighted by Gasteiger charge is -2.35. The number of carbonyl (C=O) groups is 1. The molecule has 1 aliphatic heterocycles. The summed E-state index contributed by atoms with van der Waals surface area (Å²) in [6.07, 6.45) is -0.532. The van der Waals surface area contributed by atoms with E-state index in [1.54, 1.807) is 11.0 Å². The van der Waals surface area contributed by atoms with Gasteiger partial charge in [-0.05, 0) is 31.5 Å². The molecule has 1 fully saturated rings. The van der Waals surface area contributed by atoms with Crippen LogP contribution in [0.1, 0.15) is 25.0 Å². The van der Waals surface area contributed by atoms with E-state index in [0.717, 1.165) is 24.2 Å². The topological polar surface area (TPSA) is 56.9 Å². The van der Waals surface area contributed by atoms with Crippen LogP contribution in [-0.4, -0.2) is 59.3 Å². The number of hydrogen-bond donors (Lipinski definition) is 1. The Hall–Kier alpha value is -1.54. The van der Waals surface area contributed by atoms with E-state index >= 15 is 0 Å². The average molecular weight is 334 g/mol. The fourth-order valence-corrected chi connectivity index (χ4v) is 2.79. The summed E-state index contributed by atoms with van der Waals surface area (Å²) in [7, 11) is 0. The summed E-state index contributed by atoms with van der Waals surface area (Å²) in [6.45, 7) is -1.14. The van der Waals surface area contributed by atoms with E-state index in [-0.39, 0.29) is 25.7 Å². The molecule has 0 radical (unpaired) electrons. The minimum Gasteiger partial charge on any atom is -0.467 e. The molecule has 0 aliphatic carbocycles. The lowest BCUT2D eigenvalue weighted by Crippen LogP contribution is -2.49. The highest BCUT2D eigenvalue weighted by atomic mass is 19.4. The summed E-state index contributed by atoms with van der Waals surface area (Å²) >= 11 is 0. The molecule has 5 nitrogen and oxygen atoms in total. The maximum atomic E-state index is 12.7. The van der Waals surface area contributed by atoms with Crippen molar-refractivity contribution in [2.24, 2.45) is 0 Å².